The average Bonchev–Trinajstić information content (AvgIpc) is 3.07. The molecule has 0 spiro atoms. The molecule has 1 aliphatic rings. The molecule has 0 fully saturated rings. The van der Waals surface area contributed by atoms with Crippen molar-refractivity contribution in [3.05, 3.63) is 59.7 Å². The van der Waals surface area contributed by atoms with Crippen LogP contribution in [0.1, 0.15) is 17.5 Å². The zero-order chi connectivity index (χ0) is 16.2. The highest BCUT2D eigenvalue weighted by Gasteiger charge is 2.30. The van der Waals surface area contributed by atoms with Crippen molar-refractivity contribution in [1.29, 1.82) is 0 Å². The minimum atomic E-state index is -0.630. The Balaban J connectivity index is 1.69. The van der Waals surface area contributed by atoms with Crippen molar-refractivity contribution >= 4 is 17.3 Å². The minimum absolute atomic E-state index is 0.201. The van der Waals surface area contributed by atoms with Gasteiger partial charge >= 0.3 is 0 Å². The molecule has 1 unspecified atom stereocenters. The lowest BCUT2D eigenvalue weighted by Crippen LogP contribution is -2.28. The van der Waals surface area contributed by atoms with Crippen LogP contribution in [0.5, 0.6) is 5.75 Å². The molecular weight excluding hydrogens is 292 g/mol. The molecule has 5 nitrogen and oxygen atoms in total. The highest BCUT2D eigenvalue weighted by atomic mass is 16.6. The Morgan fingerprint density at radius 1 is 1.22 bits per heavy atom. The number of benzene rings is 2. The van der Waals surface area contributed by atoms with Crippen LogP contribution < -0.4 is 10.1 Å². The summed E-state index contributed by atoms with van der Waals surface area (Å²) in [4.78, 5) is 17.7. The van der Waals surface area contributed by atoms with Crippen molar-refractivity contribution in [3.8, 4) is 5.75 Å². The Hall–Kier alpha value is -2.82. The van der Waals surface area contributed by atoms with E-state index in [1.807, 2.05) is 55.5 Å². The quantitative estimate of drug-likeness (QED) is 0.944. The number of rotatable bonds is 4. The van der Waals surface area contributed by atoms with Gasteiger partial charge in [-0.05, 0) is 30.7 Å². The lowest BCUT2D eigenvalue weighted by Gasteiger charge is -2.11. The van der Waals surface area contributed by atoms with Gasteiger partial charge in [-0.2, -0.15) is 0 Å². The number of ether oxygens (including phenoxy) is 1. The number of amides is 1. The molecule has 23 heavy (non-hydrogen) atoms. The first-order chi connectivity index (χ1) is 11.2. The van der Waals surface area contributed by atoms with E-state index >= 15 is 0 Å². The summed E-state index contributed by atoms with van der Waals surface area (Å²) in [6.45, 7) is 1.95. The van der Waals surface area contributed by atoms with Crippen LogP contribution in [0.15, 0.2) is 53.7 Å². The predicted molar refractivity (Wildman–Crippen MR) is 88.8 cm³/mol. The molecule has 2 aromatic carbocycles. The molecule has 118 valence electrons. The molecular formula is C18H18N2O3. The number of hydrogen-bond donors (Lipinski definition) is 1. The smallest absolute Gasteiger partial charge is 0.268 e. The summed E-state index contributed by atoms with van der Waals surface area (Å²) >= 11 is 0. The SMILES string of the molecule is COc1ccccc1C1=NOC(C(=O)Nc2ccccc2C)C1. The van der Waals surface area contributed by atoms with Crippen LogP contribution in [0.3, 0.4) is 0 Å². The molecule has 3 rings (SSSR count). The fraction of sp³-hybridized carbons (Fsp3) is 0.222. The van der Waals surface area contributed by atoms with Crippen molar-refractivity contribution in [2.24, 2.45) is 5.16 Å². The standard InChI is InChI=1S/C18H18N2O3/c1-12-7-3-5-9-14(12)19-18(21)17-11-15(20-23-17)13-8-4-6-10-16(13)22-2/h3-10,17H,11H2,1-2H3,(H,19,21). The van der Waals surface area contributed by atoms with Crippen molar-refractivity contribution in [1.82, 2.24) is 0 Å². The fourth-order valence-corrected chi connectivity index (χ4v) is 2.49. The topological polar surface area (TPSA) is 59.9 Å². The summed E-state index contributed by atoms with van der Waals surface area (Å²) < 4.78 is 5.33. The Morgan fingerprint density at radius 3 is 2.74 bits per heavy atom. The maximum atomic E-state index is 12.4. The van der Waals surface area contributed by atoms with E-state index in [-0.39, 0.29) is 5.91 Å². The molecule has 0 radical (unpaired) electrons. The van der Waals surface area contributed by atoms with Gasteiger partial charge in [-0.1, -0.05) is 35.5 Å². The van der Waals surface area contributed by atoms with E-state index in [1.54, 1.807) is 7.11 Å². The third-order valence-corrected chi connectivity index (χ3v) is 3.78. The van der Waals surface area contributed by atoms with Crippen LogP contribution in [-0.4, -0.2) is 24.8 Å². The first-order valence-electron chi connectivity index (χ1n) is 7.41. The average molecular weight is 310 g/mol. The highest BCUT2D eigenvalue weighted by molar-refractivity contribution is 6.07. The van der Waals surface area contributed by atoms with Gasteiger partial charge in [0.05, 0.1) is 12.8 Å². The van der Waals surface area contributed by atoms with Gasteiger partial charge < -0.3 is 14.9 Å². The highest BCUT2D eigenvalue weighted by Crippen LogP contribution is 2.25. The number of methoxy groups -OCH3 is 1. The van der Waals surface area contributed by atoms with Gasteiger partial charge in [0.15, 0.2) is 0 Å². The van der Waals surface area contributed by atoms with Gasteiger partial charge in [0.25, 0.3) is 5.91 Å². The number of anilines is 1. The first-order valence-corrected chi connectivity index (χ1v) is 7.41. The summed E-state index contributed by atoms with van der Waals surface area (Å²) in [5, 5.41) is 6.94. The zero-order valence-corrected chi connectivity index (χ0v) is 13.1. The van der Waals surface area contributed by atoms with Crippen molar-refractivity contribution in [2.45, 2.75) is 19.4 Å². The third-order valence-electron chi connectivity index (χ3n) is 3.78. The van der Waals surface area contributed by atoms with Crippen molar-refractivity contribution in [2.75, 3.05) is 12.4 Å². The normalized spacial score (nSPS) is 16.4. The first kappa shape index (κ1) is 15.1. The van der Waals surface area contributed by atoms with Crippen LogP contribution in [0.4, 0.5) is 5.69 Å². The third kappa shape index (κ3) is 3.18. The van der Waals surface area contributed by atoms with E-state index in [9.17, 15) is 4.79 Å². The minimum Gasteiger partial charge on any atom is -0.496 e. The second-order valence-electron chi connectivity index (χ2n) is 5.34. The lowest BCUT2D eigenvalue weighted by molar-refractivity contribution is -0.125. The lowest BCUT2D eigenvalue weighted by atomic mass is 10.0. The van der Waals surface area contributed by atoms with E-state index in [2.05, 4.69) is 10.5 Å². The maximum absolute atomic E-state index is 12.4. The van der Waals surface area contributed by atoms with Gasteiger partial charge in [0.1, 0.15) is 5.75 Å². The summed E-state index contributed by atoms with van der Waals surface area (Å²) in [5.41, 5.74) is 3.35. The van der Waals surface area contributed by atoms with Gasteiger partial charge in [-0.3, -0.25) is 4.79 Å². The van der Waals surface area contributed by atoms with E-state index in [0.29, 0.717) is 12.1 Å². The Kier molecular flexibility index (Phi) is 4.28. The predicted octanol–water partition coefficient (Wildman–Crippen LogP) is 3.14. The van der Waals surface area contributed by atoms with Gasteiger partial charge in [0.2, 0.25) is 6.10 Å². The summed E-state index contributed by atoms with van der Waals surface area (Å²) in [6.07, 6.45) is -0.215. The van der Waals surface area contributed by atoms with Crippen molar-refractivity contribution in [3.63, 3.8) is 0 Å². The molecule has 0 bridgehead atoms. The monoisotopic (exact) mass is 310 g/mol. The molecule has 0 aliphatic carbocycles. The number of hydrogen-bond acceptors (Lipinski definition) is 4. The van der Waals surface area contributed by atoms with E-state index in [4.69, 9.17) is 9.57 Å². The van der Waals surface area contributed by atoms with Crippen LogP contribution in [0, 0.1) is 6.92 Å². The molecule has 0 aromatic heterocycles. The Labute approximate surface area is 134 Å². The number of para-hydroxylation sites is 2. The van der Waals surface area contributed by atoms with E-state index < -0.39 is 6.10 Å². The van der Waals surface area contributed by atoms with Crippen LogP contribution in [0.2, 0.25) is 0 Å². The van der Waals surface area contributed by atoms with Crippen molar-refractivity contribution < 1.29 is 14.4 Å². The van der Waals surface area contributed by atoms with Crippen LogP contribution >= 0.6 is 0 Å². The number of oxime groups is 1. The Bertz CT molecular complexity index is 755. The molecule has 1 heterocycles. The molecule has 0 saturated carbocycles. The number of nitrogens with one attached hydrogen (secondary N) is 1. The number of carbonyl (C=O) groups excluding carboxylic acids is 1. The molecule has 1 amide bonds. The number of aryl methyl sites for hydroxylation is 1. The largest absolute Gasteiger partial charge is 0.496 e. The second kappa shape index (κ2) is 6.52. The molecule has 1 N–H and O–H groups in total. The maximum Gasteiger partial charge on any atom is 0.268 e. The van der Waals surface area contributed by atoms with Gasteiger partial charge in [-0.25, -0.2) is 0 Å². The molecule has 5 heteroatoms. The second-order valence-corrected chi connectivity index (χ2v) is 5.34. The summed E-state index contributed by atoms with van der Waals surface area (Å²) in [6, 6.07) is 15.2. The zero-order valence-electron chi connectivity index (χ0n) is 13.1. The summed E-state index contributed by atoms with van der Waals surface area (Å²) in [7, 11) is 1.61. The Morgan fingerprint density at radius 2 is 1.96 bits per heavy atom. The van der Waals surface area contributed by atoms with Crippen LogP contribution in [-0.2, 0) is 9.63 Å². The molecule has 1 aliphatic heterocycles. The fourth-order valence-electron chi connectivity index (χ4n) is 2.49. The molecule has 0 saturated heterocycles. The number of carbonyl (C=O) groups is 1. The van der Waals surface area contributed by atoms with E-state index in [1.165, 1.54) is 0 Å². The van der Waals surface area contributed by atoms with Gasteiger partial charge in [-0.15, -0.1) is 0 Å². The number of nitrogens with zero attached hydrogens (tertiary/aromatic N) is 1. The molecule has 2 aromatic rings. The van der Waals surface area contributed by atoms with E-state index in [0.717, 1.165) is 22.6 Å². The summed E-state index contributed by atoms with van der Waals surface area (Å²) in [5.74, 6) is 0.516. The molecule has 1 atom stereocenters. The van der Waals surface area contributed by atoms with Gasteiger partial charge in [0, 0.05) is 17.7 Å². The van der Waals surface area contributed by atoms with Crippen LogP contribution in [0.25, 0.3) is 0 Å².